The average molecular weight is 501 g/mol. The SMILES string of the molecule is [C-]#[N+]C1=C(C)/C(=C/C=Cc2ccc(N(C)C)cc2OCC(=O)O)C(=O)N(c2cccc(C(=O)O)c2)C1=O. The second kappa shape index (κ2) is 11.0. The van der Waals surface area contributed by atoms with Crippen molar-refractivity contribution in [2.45, 2.75) is 6.92 Å². The summed E-state index contributed by atoms with van der Waals surface area (Å²) in [6, 6.07) is 10.5. The van der Waals surface area contributed by atoms with Gasteiger partial charge in [-0.15, -0.1) is 0 Å². The fourth-order valence-electron chi connectivity index (χ4n) is 3.56. The molecule has 188 valence electrons. The van der Waals surface area contributed by atoms with Crippen LogP contribution >= 0.6 is 0 Å². The van der Waals surface area contributed by atoms with Gasteiger partial charge < -0.3 is 19.8 Å². The molecule has 10 heteroatoms. The van der Waals surface area contributed by atoms with Crippen molar-refractivity contribution < 1.29 is 34.1 Å². The lowest BCUT2D eigenvalue weighted by molar-refractivity contribution is -0.139. The van der Waals surface area contributed by atoms with E-state index in [2.05, 4.69) is 4.85 Å². The molecule has 0 aliphatic carbocycles. The molecule has 2 aromatic rings. The molecule has 37 heavy (non-hydrogen) atoms. The number of rotatable bonds is 8. The lowest BCUT2D eigenvalue weighted by Gasteiger charge is -2.27. The van der Waals surface area contributed by atoms with Gasteiger partial charge in [-0.3, -0.25) is 14.5 Å². The van der Waals surface area contributed by atoms with Crippen molar-refractivity contribution in [2.24, 2.45) is 0 Å². The topological polar surface area (TPSA) is 129 Å². The van der Waals surface area contributed by atoms with E-state index < -0.39 is 30.4 Å². The minimum atomic E-state index is -1.23. The Bertz CT molecular complexity index is 1430. The number of imide groups is 1. The maximum atomic E-state index is 13.3. The number of carboxylic acid groups (broad SMARTS) is 2. The lowest BCUT2D eigenvalue weighted by Crippen LogP contribution is -2.42. The van der Waals surface area contributed by atoms with E-state index in [4.69, 9.17) is 16.4 Å². The zero-order chi connectivity index (χ0) is 27.3. The third kappa shape index (κ3) is 5.74. The summed E-state index contributed by atoms with van der Waals surface area (Å²) in [7, 11) is 3.66. The molecule has 1 aliphatic rings. The summed E-state index contributed by atoms with van der Waals surface area (Å²) in [6.07, 6.45) is 4.57. The normalized spacial score (nSPS) is 14.8. The van der Waals surface area contributed by atoms with Crippen LogP contribution in [0, 0.1) is 6.57 Å². The molecule has 1 aliphatic heterocycles. The van der Waals surface area contributed by atoms with E-state index >= 15 is 0 Å². The first-order valence-corrected chi connectivity index (χ1v) is 10.9. The molecule has 10 nitrogen and oxygen atoms in total. The number of carbonyl (C=O) groups excluding carboxylic acids is 2. The van der Waals surface area contributed by atoms with Crippen molar-refractivity contribution in [3.63, 3.8) is 0 Å². The molecule has 1 heterocycles. The minimum absolute atomic E-state index is 0.0297. The van der Waals surface area contributed by atoms with Gasteiger partial charge in [0.2, 0.25) is 0 Å². The number of amides is 2. The summed E-state index contributed by atoms with van der Waals surface area (Å²) < 4.78 is 5.41. The molecule has 0 spiro atoms. The van der Waals surface area contributed by atoms with Crippen LogP contribution in [0.3, 0.4) is 0 Å². The first kappa shape index (κ1) is 26.4. The predicted octanol–water partition coefficient (Wildman–Crippen LogP) is 3.62. The summed E-state index contributed by atoms with van der Waals surface area (Å²) in [4.78, 5) is 54.5. The van der Waals surface area contributed by atoms with E-state index in [-0.39, 0.29) is 28.1 Å². The van der Waals surface area contributed by atoms with Crippen molar-refractivity contribution in [3.05, 3.63) is 94.0 Å². The quantitative estimate of drug-likeness (QED) is 0.319. The first-order chi connectivity index (χ1) is 17.5. The van der Waals surface area contributed by atoms with Crippen LogP contribution in [0.25, 0.3) is 10.9 Å². The Balaban J connectivity index is 2.03. The van der Waals surface area contributed by atoms with Crippen molar-refractivity contribution >= 4 is 41.2 Å². The van der Waals surface area contributed by atoms with Crippen LogP contribution in [0.2, 0.25) is 0 Å². The van der Waals surface area contributed by atoms with Gasteiger partial charge in [0.05, 0.1) is 17.8 Å². The van der Waals surface area contributed by atoms with Gasteiger partial charge in [-0.1, -0.05) is 24.3 Å². The molecule has 0 radical (unpaired) electrons. The number of nitrogens with zero attached hydrogens (tertiary/aromatic N) is 3. The molecular formula is C27H23N3O7. The number of anilines is 2. The molecule has 2 N–H and O–H groups in total. The summed E-state index contributed by atoms with van der Waals surface area (Å²) >= 11 is 0. The van der Waals surface area contributed by atoms with E-state index in [0.29, 0.717) is 11.3 Å². The molecule has 0 unspecified atom stereocenters. The zero-order valence-electron chi connectivity index (χ0n) is 20.3. The standard InChI is InChI=1S/C27H23N3O7/c1-16-21(10-6-7-17-11-12-19(29(3)4)14-22(17)37-15-23(31)32)25(33)30(26(34)24(16)28-2)20-9-5-8-18(13-20)27(35)36/h5-14H,15H2,1,3-4H3,(H,31,32)(H,35,36)/b7-6?,21-10-. The average Bonchev–Trinajstić information content (AvgIpc) is 2.85. The number of aromatic carboxylic acids is 1. The molecule has 0 aromatic heterocycles. The largest absolute Gasteiger partial charge is 0.481 e. The molecule has 2 amide bonds. The number of carbonyl (C=O) groups is 4. The van der Waals surface area contributed by atoms with Gasteiger partial charge in [0.25, 0.3) is 17.5 Å². The number of allylic oxidation sites excluding steroid dienone is 2. The Morgan fingerprint density at radius 2 is 1.84 bits per heavy atom. The fraction of sp³-hybridized carbons (Fsp3) is 0.148. The van der Waals surface area contributed by atoms with Crippen LogP contribution in [0.4, 0.5) is 11.4 Å². The van der Waals surface area contributed by atoms with Gasteiger partial charge in [0.15, 0.2) is 6.61 Å². The third-order valence-electron chi connectivity index (χ3n) is 5.46. The van der Waals surface area contributed by atoms with E-state index in [9.17, 15) is 24.3 Å². The smallest absolute Gasteiger partial charge is 0.341 e. The predicted molar refractivity (Wildman–Crippen MR) is 136 cm³/mol. The Morgan fingerprint density at radius 1 is 1.11 bits per heavy atom. The highest BCUT2D eigenvalue weighted by Crippen LogP contribution is 2.31. The lowest BCUT2D eigenvalue weighted by atomic mass is 9.97. The van der Waals surface area contributed by atoms with E-state index in [1.54, 1.807) is 18.2 Å². The fourth-order valence-corrected chi connectivity index (χ4v) is 3.56. The van der Waals surface area contributed by atoms with Crippen LogP contribution in [0.15, 0.2) is 71.5 Å². The molecule has 3 rings (SSSR count). The number of hydrogen-bond donors (Lipinski definition) is 2. The number of benzene rings is 2. The zero-order valence-corrected chi connectivity index (χ0v) is 20.3. The molecule has 0 bridgehead atoms. The van der Waals surface area contributed by atoms with Crippen LogP contribution < -0.4 is 14.5 Å². The molecule has 0 saturated heterocycles. The highest BCUT2D eigenvalue weighted by Gasteiger charge is 2.36. The maximum absolute atomic E-state index is 13.3. The van der Waals surface area contributed by atoms with E-state index in [1.807, 2.05) is 25.1 Å². The summed E-state index contributed by atoms with van der Waals surface area (Å²) in [6.45, 7) is 8.40. The van der Waals surface area contributed by atoms with Gasteiger partial charge in [0.1, 0.15) is 5.75 Å². The Hall–Kier alpha value is -5.17. The highest BCUT2D eigenvalue weighted by molar-refractivity contribution is 6.30. The Morgan fingerprint density at radius 3 is 2.46 bits per heavy atom. The van der Waals surface area contributed by atoms with E-state index in [1.165, 1.54) is 43.3 Å². The molecule has 0 fully saturated rings. The minimum Gasteiger partial charge on any atom is -0.481 e. The van der Waals surface area contributed by atoms with Gasteiger partial charge in [-0.2, -0.15) is 0 Å². The molecular weight excluding hydrogens is 478 g/mol. The van der Waals surface area contributed by atoms with E-state index in [0.717, 1.165) is 10.6 Å². The van der Waals surface area contributed by atoms with Crippen LogP contribution in [0.5, 0.6) is 5.75 Å². The van der Waals surface area contributed by atoms with Crippen LogP contribution in [-0.2, 0) is 14.4 Å². The third-order valence-corrected chi connectivity index (χ3v) is 5.46. The number of aliphatic carboxylic acids is 1. The Kier molecular flexibility index (Phi) is 7.89. The first-order valence-electron chi connectivity index (χ1n) is 10.9. The number of ether oxygens (including phenoxy) is 1. The van der Waals surface area contributed by atoms with Crippen LogP contribution in [-0.4, -0.2) is 54.7 Å². The van der Waals surface area contributed by atoms with Crippen molar-refractivity contribution in [1.82, 2.24) is 0 Å². The molecule has 0 saturated carbocycles. The molecule has 0 atom stereocenters. The summed E-state index contributed by atoms with van der Waals surface area (Å²) in [5.74, 6) is -3.60. The summed E-state index contributed by atoms with van der Waals surface area (Å²) in [5.41, 5.74) is 1.24. The molecule has 2 aromatic carbocycles. The van der Waals surface area contributed by atoms with Gasteiger partial charge in [-0.25, -0.2) is 14.4 Å². The van der Waals surface area contributed by atoms with Crippen molar-refractivity contribution in [2.75, 3.05) is 30.5 Å². The monoisotopic (exact) mass is 501 g/mol. The van der Waals surface area contributed by atoms with Gasteiger partial charge in [-0.05, 0) is 42.8 Å². The second-order valence-electron chi connectivity index (χ2n) is 8.13. The Labute approximate surface area is 212 Å². The highest BCUT2D eigenvalue weighted by atomic mass is 16.5. The number of hydrogen-bond acceptors (Lipinski definition) is 6. The number of carboxylic acids is 2. The van der Waals surface area contributed by atoms with Gasteiger partial charge >= 0.3 is 11.9 Å². The van der Waals surface area contributed by atoms with Crippen molar-refractivity contribution in [3.8, 4) is 5.75 Å². The second-order valence-corrected chi connectivity index (χ2v) is 8.13. The maximum Gasteiger partial charge on any atom is 0.341 e. The summed E-state index contributed by atoms with van der Waals surface area (Å²) in [5, 5.41) is 18.3. The van der Waals surface area contributed by atoms with Crippen molar-refractivity contribution in [1.29, 1.82) is 0 Å². The van der Waals surface area contributed by atoms with Crippen LogP contribution in [0.1, 0.15) is 22.8 Å². The van der Waals surface area contributed by atoms with Gasteiger partial charge in [0, 0.05) is 37.0 Å².